The topological polar surface area (TPSA) is 59.9 Å². The number of amidine groups is 1. The molecule has 0 unspecified atom stereocenters. The average Bonchev–Trinajstić information content (AvgIpc) is 2.97. The van der Waals surface area contributed by atoms with E-state index in [9.17, 15) is 4.79 Å². The van der Waals surface area contributed by atoms with E-state index < -0.39 is 0 Å². The second-order valence-corrected chi connectivity index (χ2v) is 7.96. The summed E-state index contributed by atoms with van der Waals surface area (Å²) in [5.74, 6) is 1.04. The highest BCUT2D eigenvalue weighted by molar-refractivity contribution is 9.10. The van der Waals surface area contributed by atoms with E-state index >= 15 is 0 Å². The maximum atomic E-state index is 12.4. The number of rotatable bonds is 4. The van der Waals surface area contributed by atoms with Gasteiger partial charge in [0.2, 0.25) is 0 Å². The molecule has 0 aromatic heterocycles. The molecule has 0 radical (unpaired) electrons. The van der Waals surface area contributed by atoms with Crippen molar-refractivity contribution >= 4 is 62.1 Å². The van der Waals surface area contributed by atoms with Crippen molar-refractivity contribution in [3.8, 4) is 11.5 Å². The molecule has 1 saturated heterocycles. The fourth-order valence-corrected chi connectivity index (χ4v) is 3.95. The molecule has 1 aliphatic heterocycles. The third kappa shape index (κ3) is 4.48. The minimum absolute atomic E-state index is 0.215. The van der Waals surface area contributed by atoms with E-state index in [1.807, 2.05) is 19.1 Å². The van der Waals surface area contributed by atoms with E-state index in [0.29, 0.717) is 26.6 Å². The Balaban J connectivity index is 1.93. The van der Waals surface area contributed by atoms with Crippen LogP contribution in [0.4, 0.5) is 5.69 Å². The number of nitrogens with zero attached hydrogens (tertiary/aromatic N) is 1. The van der Waals surface area contributed by atoms with E-state index in [4.69, 9.17) is 21.1 Å². The highest BCUT2D eigenvalue weighted by Crippen LogP contribution is 2.36. The molecule has 3 rings (SSSR count). The molecule has 1 N–H and O–H groups in total. The molecule has 0 spiro atoms. The molecule has 0 bridgehead atoms. The van der Waals surface area contributed by atoms with Crippen molar-refractivity contribution in [2.24, 2.45) is 4.99 Å². The Bertz CT molecular complexity index is 976. The van der Waals surface area contributed by atoms with Gasteiger partial charge in [-0.05, 0) is 64.5 Å². The Morgan fingerprint density at radius 2 is 1.93 bits per heavy atom. The van der Waals surface area contributed by atoms with E-state index in [0.717, 1.165) is 21.3 Å². The fourth-order valence-electron chi connectivity index (χ4n) is 2.43. The van der Waals surface area contributed by atoms with E-state index in [1.165, 1.54) is 11.8 Å². The molecule has 0 atom stereocenters. The first-order valence-electron chi connectivity index (χ1n) is 7.88. The van der Waals surface area contributed by atoms with Gasteiger partial charge in [0.1, 0.15) is 11.5 Å². The first kappa shape index (κ1) is 19.8. The third-order valence-corrected chi connectivity index (χ3v) is 5.60. The number of thioether (sulfide) groups is 1. The van der Waals surface area contributed by atoms with Gasteiger partial charge in [-0.25, -0.2) is 4.99 Å². The van der Waals surface area contributed by atoms with Crippen molar-refractivity contribution in [1.29, 1.82) is 0 Å². The van der Waals surface area contributed by atoms with Crippen LogP contribution in [0.3, 0.4) is 0 Å². The van der Waals surface area contributed by atoms with Gasteiger partial charge in [-0.15, -0.1) is 0 Å². The summed E-state index contributed by atoms with van der Waals surface area (Å²) >= 11 is 10.8. The number of amides is 1. The van der Waals surface area contributed by atoms with Crippen molar-refractivity contribution in [3.63, 3.8) is 0 Å². The maximum absolute atomic E-state index is 12.4. The number of benzene rings is 2. The van der Waals surface area contributed by atoms with Crippen molar-refractivity contribution in [2.75, 3.05) is 14.2 Å². The Hall–Kier alpha value is -1.96. The summed E-state index contributed by atoms with van der Waals surface area (Å²) in [5.41, 5.74) is 2.44. The number of aryl methyl sites for hydroxylation is 1. The predicted molar refractivity (Wildman–Crippen MR) is 114 cm³/mol. The standard InChI is InChI=1S/C19H16BrClN2O3S/c1-10-4-5-12(21)8-14(10)22-19-23-18(24)17(27-19)7-11-6-13(20)16(26-3)9-15(11)25-2/h4-9H,1-3H3,(H,22,23,24). The van der Waals surface area contributed by atoms with Crippen LogP contribution < -0.4 is 14.8 Å². The van der Waals surface area contributed by atoms with E-state index in [1.54, 1.807) is 38.5 Å². The molecule has 1 fully saturated rings. The number of hydrogen-bond acceptors (Lipinski definition) is 5. The van der Waals surface area contributed by atoms with Crippen molar-refractivity contribution in [2.45, 2.75) is 6.92 Å². The molecule has 140 valence electrons. The Morgan fingerprint density at radius 3 is 2.63 bits per heavy atom. The van der Waals surface area contributed by atoms with E-state index in [-0.39, 0.29) is 5.91 Å². The number of carbonyl (C=O) groups excluding carboxylic acids is 1. The summed E-state index contributed by atoms with van der Waals surface area (Å²) in [6.45, 7) is 1.94. The molecule has 0 saturated carbocycles. The summed E-state index contributed by atoms with van der Waals surface area (Å²) < 4.78 is 11.5. The SMILES string of the molecule is COc1cc(OC)c(C=C2SC(=Nc3cc(Cl)ccc3C)NC2=O)cc1Br. The summed E-state index contributed by atoms with van der Waals surface area (Å²) in [5, 5.41) is 3.88. The number of ether oxygens (including phenoxy) is 2. The number of halogens is 2. The van der Waals surface area contributed by atoms with Gasteiger partial charge in [0, 0.05) is 16.7 Å². The van der Waals surface area contributed by atoms with E-state index in [2.05, 4.69) is 26.2 Å². The largest absolute Gasteiger partial charge is 0.496 e. The summed E-state index contributed by atoms with van der Waals surface area (Å²) in [6, 6.07) is 9.06. The number of aliphatic imine (C=N–C) groups is 1. The van der Waals surface area contributed by atoms with Gasteiger partial charge in [0.05, 0.1) is 29.3 Å². The van der Waals surface area contributed by atoms with Gasteiger partial charge in [-0.3, -0.25) is 4.79 Å². The zero-order valence-corrected chi connectivity index (χ0v) is 18.0. The molecule has 8 heteroatoms. The summed E-state index contributed by atoms with van der Waals surface area (Å²) in [7, 11) is 3.15. The smallest absolute Gasteiger partial charge is 0.264 e. The van der Waals surface area contributed by atoms with Crippen LogP contribution in [0.25, 0.3) is 6.08 Å². The van der Waals surface area contributed by atoms with Crippen LogP contribution in [0.5, 0.6) is 11.5 Å². The van der Waals surface area contributed by atoms with Crippen molar-refractivity contribution in [1.82, 2.24) is 5.32 Å². The lowest BCUT2D eigenvalue weighted by molar-refractivity contribution is -0.115. The molecule has 2 aromatic rings. The average molecular weight is 468 g/mol. The minimum atomic E-state index is -0.215. The highest BCUT2D eigenvalue weighted by Gasteiger charge is 2.24. The number of carbonyl (C=O) groups is 1. The number of hydrogen-bond donors (Lipinski definition) is 1. The molecule has 0 aliphatic carbocycles. The zero-order chi connectivity index (χ0) is 19.6. The molecule has 1 heterocycles. The first-order chi connectivity index (χ1) is 12.9. The van der Waals surface area contributed by atoms with Gasteiger partial charge < -0.3 is 14.8 Å². The molecule has 5 nitrogen and oxygen atoms in total. The quantitative estimate of drug-likeness (QED) is 0.618. The lowest BCUT2D eigenvalue weighted by Crippen LogP contribution is -2.19. The highest BCUT2D eigenvalue weighted by atomic mass is 79.9. The first-order valence-corrected chi connectivity index (χ1v) is 9.87. The summed E-state index contributed by atoms with van der Waals surface area (Å²) in [6.07, 6.45) is 1.76. The number of nitrogens with one attached hydrogen (secondary N) is 1. The summed E-state index contributed by atoms with van der Waals surface area (Å²) in [4.78, 5) is 17.4. The van der Waals surface area contributed by atoms with Crippen LogP contribution in [-0.4, -0.2) is 25.3 Å². The molecule has 1 amide bonds. The molecule has 2 aromatic carbocycles. The monoisotopic (exact) mass is 466 g/mol. The molecular weight excluding hydrogens is 452 g/mol. The second kappa shape index (κ2) is 8.37. The fraction of sp³-hybridized carbons (Fsp3) is 0.158. The number of methoxy groups -OCH3 is 2. The Labute approximate surface area is 174 Å². The maximum Gasteiger partial charge on any atom is 0.264 e. The van der Waals surface area contributed by atoms with Gasteiger partial charge >= 0.3 is 0 Å². The van der Waals surface area contributed by atoms with Crippen LogP contribution in [0, 0.1) is 6.92 Å². The lowest BCUT2D eigenvalue weighted by Gasteiger charge is -2.10. The second-order valence-electron chi connectivity index (χ2n) is 5.64. The van der Waals surface area contributed by atoms with Gasteiger partial charge in [-0.2, -0.15) is 0 Å². The van der Waals surface area contributed by atoms with Crippen molar-refractivity contribution < 1.29 is 14.3 Å². The molecule has 1 aliphatic rings. The Morgan fingerprint density at radius 1 is 1.19 bits per heavy atom. The molecule has 27 heavy (non-hydrogen) atoms. The third-order valence-electron chi connectivity index (χ3n) is 3.83. The van der Waals surface area contributed by atoms with Crippen LogP contribution in [-0.2, 0) is 4.79 Å². The molecular formula is C19H16BrClN2O3S. The van der Waals surface area contributed by atoms with Crippen LogP contribution in [0.1, 0.15) is 11.1 Å². The van der Waals surface area contributed by atoms with Gasteiger partial charge in [0.15, 0.2) is 5.17 Å². The van der Waals surface area contributed by atoms with Crippen LogP contribution in [0.15, 0.2) is 44.7 Å². The normalized spacial score (nSPS) is 16.7. The Kier molecular flexibility index (Phi) is 6.14. The van der Waals surface area contributed by atoms with Crippen LogP contribution in [0.2, 0.25) is 5.02 Å². The predicted octanol–water partition coefficient (Wildman–Crippen LogP) is 5.32. The van der Waals surface area contributed by atoms with Gasteiger partial charge in [-0.1, -0.05) is 17.7 Å². The zero-order valence-electron chi connectivity index (χ0n) is 14.8. The minimum Gasteiger partial charge on any atom is -0.496 e. The lowest BCUT2D eigenvalue weighted by atomic mass is 10.1. The van der Waals surface area contributed by atoms with Crippen LogP contribution >= 0.6 is 39.3 Å². The van der Waals surface area contributed by atoms with Gasteiger partial charge in [0.25, 0.3) is 5.91 Å². The van der Waals surface area contributed by atoms with Crippen molar-refractivity contribution in [3.05, 3.63) is 55.9 Å².